The van der Waals surface area contributed by atoms with E-state index in [1.165, 1.54) is 99.7 Å². The molecule has 47 heavy (non-hydrogen) atoms. The molecule has 4 aromatic carbocycles. The van der Waals surface area contributed by atoms with Gasteiger partial charge in [0.15, 0.2) is 0 Å². The van der Waals surface area contributed by atoms with Gasteiger partial charge in [-0.25, -0.2) is 0 Å². The topological polar surface area (TPSA) is 0 Å². The maximum Gasteiger partial charge on any atom is 0.0214 e. The fourth-order valence-electron chi connectivity index (χ4n) is 7.96. The third-order valence-corrected chi connectivity index (χ3v) is 10.4. The molecule has 0 amide bonds. The van der Waals surface area contributed by atoms with Gasteiger partial charge in [0.1, 0.15) is 0 Å². The van der Waals surface area contributed by atoms with Crippen LogP contribution in [0.1, 0.15) is 121 Å². The van der Waals surface area contributed by atoms with Crippen LogP contribution in [0.5, 0.6) is 0 Å². The Morgan fingerprint density at radius 1 is 0.681 bits per heavy atom. The molecule has 0 heteroatoms. The second-order valence-electron chi connectivity index (χ2n) is 15.5. The second-order valence-corrected chi connectivity index (χ2v) is 15.5. The molecule has 0 N–H and O–H groups in total. The van der Waals surface area contributed by atoms with E-state index in [9.17, 15) is 0 Å². The molecule has 242 valence electrons. The van der Waals surface area contributed by atoms with Crippen molar-refractivity contribution < 1.29 is 0 Å². The molecule has 2 aliphatic rings. The highest BCUT2D eigenvalue weighted by molar-refractivity contribution is 5.89. The summed E-state index contributed by atoms with van der Waals surface area (Å²) in [5, 5.41) is 0. The van der Waals surface area contributed by atoms with Crippen molar-refractivity contribution in [2.75, 3.05) is 0 Å². The van der Waals surface area contributed by atoms with Crippen molar-refractivity contribution in [3.05, 3.63) is 143 Å². The quantitative estimate of drug-likeness (QED) is 0.129. The summed E-state index contributed by atoms with van der Waals surface area (Å²) in [4.78, 5) is 0. The minimum Gasteiger partial charge on any atom is -0.0753 e. The molecule has 0 unspecified atom stereocenters. The van der Waals surface area contributed by atoms with Crippen molar-refractivity contribution in [1.29, 1.82) is 0 Å². The lowest BCUT2D eigenvalue weighted by Crippen LogP contribution is -2.17. The molecule has 0 bridgehead atoms. The van der Waals surface area contributed by atoms with E-state index in [-0.39, 0.29) is 16.7 Å². The highest BCUT2D eigenvalue weighted by Crippen LogP contribution is 2.51. The van der Waals surface area contributed by atoms with Gasteiger partial charge in [0.2, 0.25) is 0 Å². The smallest absolute Gasteiger partial charge is 0.0214 e. The van der Waals surface area contributed by atoms with Gasteiger partial charge in [-0.1, -0.05) is 158 Å². The third-order valence-electron chi connectivity index (χ3n) is 10.4. The van der Waals surface area contributed by atoms with Crippen LogP contribution >= 0.6 is 0 Å². The van der Waals surface area contributed by atoms with Crippen LogP contribution in [-0.4, -0.2) is 0 Å². The summed E-state index contributed by atoms with van der Waals surface area (Å²) in [6.07, 6.45) is 20.3. The monoisotopic (exact) mass is 618 g/mol. The van der Waals surface area contributed by atoms with Crippen molar-refractivity contribution in [3.8, 4) is 33.4 Å². The van der Waals surface area contributed by atoms with E-state index >= 15 is 0 Å². The van der Waals surface area contributed by atoms with Crippen LogP contribution in [0.4, 0.5) is 0 Å². The molecule has 0 aliphatic heterocycles. The Labute approximate surface area is 285 Å². The SMILES string of the molecule is CCCCC(=CC(C)(C)c1cc2c(cc1-c1ccccc1)Cc1c-2cc(C(C)(C)C)c(-c2ccccc2)c1C1C=CC=C1)CCCC. The van der Waals surface area contributed by atoms with Crippen molar-refractivity contribution in [1.82, 2.24) is 0 Å². The molecule has 0 atom stereocenters. The number of hydrogen-bond acceptors (Lipinski definition) is 0. The fraction of sp³-hybridized carbons (Fsp3) is 0.362. The van der Waals surface area contributed by atoms with Crippen LogP contribution in [0.25, 0.3) is 33.4 Å². The second kappa shape index (κ2) is 13.7. The van der Waals surface area contributed by atoms with Crippen LogP contribution in [0.2, 0.25) is 0 Å². The van der Waals surface area contributed by atoms with E-state index in [1.54, 1.807) is 5.57 Å². The lowest BCUT2D eigenvalue weighted by atomic mass is 9.74. The molecule has 6 rings (SSSR count). The predicted octanol–water partition coefficient (Wildman–Crippen LogP) is 13.7. The lowest BCUT2D eigenvalue weighted by Gasteiger charge is -2.30. The first-order chi connectivity index (χ1) is 22.6. The minimum absolute atomic E-state index is 0.00792. The molecule has 0 aromatic heterocycles. The highest BCUT2D eigenvalue weighted by Gasteiger charge is 2.34. The number of fused-ring (bicyclic) bond motifs is 3. The molecular formula is C47H54. The van der Waals surface area contributed by atoms with Gasteiger partial charge in [-0.2, -0.15) is 0 Å². The first-order valence-corrected chi connectivity index (χ1v) is 18.2. The van der Waals surface area contributed by atoms with Gasteiger partial charge in [0, 0.05) is 11.3 Å². The number of benzene rings is 4. The maximum atomic E-state index is 2.64. The fourth-order valence-corrected chi connectivity index (χ4v) is 7.96. The lowest BCUT2D eigenvalue weighted by molar-refractivity contribution is 0.591. The van der Waals surface area contributed by atoms with Crippen molar-refractivity contribution in [2.24, 2.45) is 0 Å². The summed E-state index contributed by atoms with van der Waals surface area (Å²) in [5.41, 5.74) is 17.1. The van der Waals surface area contributed by atoms with E-state index in [0.29, 0.717) is 0 Å². The minimum atomic E-state index is -0.101. The average molecular weight is 619 g/mol. The van der Waals surface area contributed by atoms with Gasteiger partial charge < -0.3 is 0 Å². The largest absolute Gasteiger partial charge is 0.0753 e. The molecule has 4 aromatic rings. The molecule has 0 radical (unpaired) electrons. The molecule has 0 heterocycles. The van der Waals surface area contributed by atoms with E-state index < -0.39 is 0 Å². The van der Waals surface area contributed by atoms with Gasteiger partial charge in [-0.3, -0.25) is 0 Å². The van der Waals surface area contributed by atoms with E-state index in [4.69, 9.17) is 0 Å². The van der Waals surface area contributed by atoms with Crippen molar-refractivity contribution in [3.63, 3.8) is 0 Å². The van der Waals surface area contributed by atoms with Gasteiger partial charge in [-0.15, -0.1) is 0 Å². The van der Waals surface area contributed by atoms with E-state index in [2.05, 4.69) is 158 Å². The number of allylic oxidation sites excluding steroid dienone is 6. The van der Waals surface area contributed by atoms with Crippen LogP contribution in [-0.2, 0) is 17.3 Å². The Morgan fingerprint density at radius 3 is 1.83 bits per heavy atom. The summed E-state index contributed by atoms with van der Waals surface area (Å²) in [5.74, 6) is 0.280. The Hall–Kier alpha value is -3.90. The van der Waals surface area contributed by atoms with Gasteiger partial charge >= 0.3 is 0 Å². The zero-order valence-corrected chi connectivity index (χ0v) is 29.9. The van der Waals surface area contributed by atoms with Crippen LogP contribution < -0.4 is 0 Å². The van der Waals surface area contributed by atoms with Crippen molar-refractivity contribution in [2.45, 2.75) is 110 Å². The summed E-state index contributed by atoms with van der Waals surface area (Å²) in [7, 11) is 0. The molecule has 2 aliphatic carbocycles. The zero-order chi connectivity index (χ0) is 33.2. The summed E-state index contributed by atoms with van der Waals surface area (Å²) in [6, 6.07) is 30.0. The predicted molar refractivity (Wildman–Crippen MR) is 205 cm³/mol. The first-order valence-electron chi connectivity index (χ1n) is 18.2. The number of hydrogen-bond donors (Lipinski definition) is 0. The normalized spacial score (nSPS) is 14.0. The third kappa shape index (κ3) is 6.76. The van der Waals surface area contributed by atoms with E-state index in [0.717, 1.165) is 6.42 Å². The molecule has 0 spiro atoms. The average Bonchev–Trinajstić information content (AvgIpc) is 3.73. The Morgan fingerprint density at radius 2 is 1.26 bits per heavy atom. The summed E-state index contributed by atoms with van der Waals surface area (Å²) < 4.78 is 0. The maximum absolute atomic E-state index is 2.64. The Kier molecular flexibility index (Phi) is 9.61. The summed E-state index contributed by atoms with van der Waals surface area (Å²) in [6.45, 7) is 16.7. The Bertz CT molecular complexity index is 1780. The van der Waals surface area contributed by atoms with Gasteiger partial charge in [-0.05, 0) is 117 Å². The zero-order valence-electron chi connectivity index (χ0n) is 29.9. The molecule has 0 fully saturated rings. The highest BCUT2D eigenvalue weighted by atomic mass is 14.4. The number of unbranched alkanes of at least 4 members (excludes halogenated alkanes) is 2. The Balaban J connectivity index is 1.61. The molecule has 0 saturated carbocycles. The molecular weight excluding hydrogens is 565 g/mol. The van der Waals surface area contributed by atoms with Crippen molar-refractivity contribution >= 4 is 0 Å². The van der Waals surface area contributed by atoms with Gasteiger partial charge in [0.05, 0.1) is 0 Å². The van der Waals surface area contributed by atoms with Crippen LogP contribution in [0.3, 0.4) is 0 Å². The molecule has 0 saturated heterocycles. The molecule has 0 nitrogen and oxygen atoms in total. The first kappa shape index (κ1) is 33.0. The van der Waals surface area contributed by atoms with Crippen LogP contribution in [0.15, 0.2) is 115 Å². The number of rotatable bonds is 11. The van der Waals surface area contributed by atoms with Crippen LogP contribution in [0, 0.1) is 0 Å². The van der Waals surface area contributed by atoms with E-state index in [1.807, 2.05) is 0 Å². The standard InChI is InChI=1S/C47H54/c1-8-10-20-33(21-11-9-2)32-47(6,7)42-30-38-37(28-39(42)34-22-14-12-15-23-34)29-41-40(38)31-43(46(3,4)5)45(36-24-16-13-17-25-36)44(41)35-26-18-19-27-35/h12-19,22-28,30-32,35H,8-11,20-21,29H2,1-7H3. The van der Waals surface area contributed by atoms with Gasteiger partial charge in [0.25, 0.3) is 0 Å². The summed E-state index contributed by atoms with van der Waals surface area (Å²) >= 11 is 0.